The molecule has 0 atom stereocenters. The van der Waals surface area contributed by atoms with Crippen LogP contribution >= 0.6 is 11.8 Å². The Kier molecular flexibility index (Phi) is 5.91. The van der Waals surface area contributed by atoms with Crippen molar-refractivity contribution < 1.29 is 18.7 Å². The van der Waals surface area contributed by atoms with E-state index in [1.165, 1.54) is 18.2 Å². The van der Waals surface area contributed by atoms with Crippen molar-refractivity contribution in [2.24, 2.45) is 0 Å². The highest BCUT2D eigenvalue weighted by Crippen LogP contribution is 2.31. The van der Waals surface area contributed by atoms with Gasteiger partial charge < -0.3 is 13.9 Å². The average molecular weight is 370 g/mol. The number of ether oxygens (including phenoxy) is 2. The molecule has 6 nitrogen and oxygen atoms in total. The molecule has 0 saturated carbocycles. The Morgan fingerprint density at radius 1 is 1.19 bits per heavy atom. The normalized spacial score (nSPS) is 10.5. The zero-order chi connectivity index (χ0) is 18.4. The highest BCUT2D eigenvalue weighted by molar-refractivity contribution is 7.99. The highest BCUT2D eigenvalue weighted by Gasteiger charge is 2.18. The summed E-state index contributed by atoms with van der Waals surface area (Å²) in [5.74, 6) is 0.267. The molecule has 0 aliphatic carbocycles. The van der Waals surface area contributed by atoms with Crippen molar-refractivity contribution >= 4 is 17.7 Å². The SMILES string of the molecule is CCOC(=O)c1ncoc1Sc1ccc(OCc2ccnc(C)c2)cc1. The summed E-state index contributed by atoms with van der Waals surface area (Å²) in [5.41, 5.74) is 2.21. The van der Waals surface area contributed by atoms with Gasteiger partial charge in [0.25, 0.3) is 0 Å². The Balaban J connectivity index is 1.61. The Hall–Kier alpha value is -2.80. The molecule has 3 rings (SSSR count). The van der Waals surface area contributed by atoms with Crippen molar-refractivity contribution in [3.63, 3.8) is 0 Å². The molecule has 0 saturated heterocycles. The number of hydrogen-bond donors (Lipinski definition) is 0. The number of carbonyl (C=O) groups excluding carboxylic acids is 1. The first-order valence-corrected chi connectivity index (χ1v) is 8.90. The summed E-state index contributed by atoms with van der Waals surface area (Å²) < 4.78 is 16.0. The predicted molar refractivity (Wildman–Crippen MR) is 96.3 cm³/mol. The van der Waals surface area contributed by atoms with Crippen molar-refractivity contribution in [2.45, 2.75) is 30.4 Å². The molecule has 0 spiro atoms. The molecule has 0 bridgehead atoms. The van der Waals surface area contributed by atoms with Crippen LogP contribution in [0.1, 0.15) is 28.7 Å². The Labute approximate surface area is 155 Å². The highest BCUT2D eigenvalue weighted by atomic mass is 32.2. The molecular weight excluding hydrogens is 352 g/mol. The van der Waals surface area contributed by atoms with Gasteiger partial charge >= 0.3 is 5.97 Å². The third kappa shape index (κ3) is 4.64. The van der Waals surface area contributed by atoms with Crippen LogP contribution in [0.25, 0.3) is 0 Å². The quantitative estimate of drug-likeness (QED) is 0.574. The molecular formula is C19H18N2O4S. The summed E-state index contributed by atoms with van der Waals surface area (Å²) in [5, 5.41) is 0.407. The minimum atomic E-state index is -0.489. The van der Waals surface area contributed by atoms with Crippen LogP contribution in [0, 0.1) is 6.92 Å². The van der Waals surface area contributed by atoms with Gasteiger partial charge in [-0.3, -0.25) is 4.98 Å². The van der Waals surface area contributed by atoms with Gasteiger partial charge in [0.1, 0.15) is 12.4 Å². The molecule has 134 valence electrons. The fourth-order valence-electron chi connectivity index (χ4n) is 2.21. The molecule has 0 amide bonds. The lowest BCUT2D eigenvalue weighted by atomic mass is 10.2. The van der Waals surface area contributed by atoms with Crippen LogP contribution in [0.3, 0.4) is 0 Å². The van der Waals surface area contributed by atoms with Gasteiger partial charge in [-0.05, 0) is 67.6 Å². The predicted octanol–water partition coefficient (Wildman–Crippen LogP) is 4.28. The number of rotatable bonds is 7. The number of aryl methyl sites for hydroxylation is 1. The van der Waals surface area contributed by atoms with Crippen molar-refractivity contribution in [2.75, 3.05) is 6.61 Å². The molecule has 0 unspecified atom stereocenters. The van der Waals surface area contributed by atoms with Gasteiger partial charge in [0.2, 0.25) is 5.69 Å². The molecule has 2 aromatic heterocycles. The zero-order valence-electron chi connectivity index (χ0n) is 14.5. The van der Waals surface area contributed by atoms with Crippen molar-refractivity contribution in [1.29, 1.82) is 0 Å². The molecule has 0 aliphatic heterocycles. The fourth-order valence-corrected chi connectivity index (χ4v) is 3.03. The van der Waals surface area contributed by atoms with Crippen molar-refractivity contribution in [3.05, 3.63) is 65.9 Å². The first-order chi connectivity index (χ1) is 12.7. The van der Waals surface area contributed by atoms with Crippen LogP contribution in [0.5, 0.6) is 5.75 Å². The van der Waals surface area contributed by atoms with Gasteiger partial charge in [-0.25, -0.2) is 9.78 Å². The second kappa shape index (κ2) is 8.53. The zero-order valence-corrected chi connectivity index (χ0v) is 15.3. The standard InChI is InChI=1S/C19H18N2O4S/c1-3-23-18(22)17-19(25-12-21-17)26-16-6-4-15(5-7-16)24-11-14-8-9-20-13(2)10-14/h4-10,12H,3,11H2,1-2H3. The van der Waals surface area contributed by atoms with Gasteiger partial charge in [0.05, 0.1) is 6.61 Å². The van der Waals surface area contributed by atoms with E-state index >= 15 is 0 Å². The van der Waals surface area contributed by atoms with E-state index in [0.717, 1.165) is 21.9 Å². The molecule has 3 aromatic rings. The number of aromatic nitrogens is 2. The first kappa shape index (κ1) is 18.0. The minimum absolute atomic E-state index is 0.185. The van der Waals surface area contributed by atoms with E-state index in [0.29, 0.717) is 18.3 Å². The number of carbonyl (C=O) groups is 1. The summed E-state index contributed by atoms with van der Waals surface area (Å²) in [6.07, 6.45) is 3.01. The second-order valence-corrected chi connectivity index (χ2v) is 6.42. The fraction of sp³-hybridized carbons (Fsp3) is 0.211. The average Bonchev–Trinajstić information content (AvgIpc) is 3.10. The second-order valence-electron chi connectivity index (χ2n) is 5.38. The lowest BCUT2D eigenvalue weighted by Gasteiger charge is -2.07. The maximum atomic E-state index is 11.8. The molecule has 0 N–H and O–H groups in total. The molecule has 2 heterocycles. The minimum Gasteiger partial charge on any atom is -0.489 e. The van der Waals surface area contributed by atoms with Crippen molar-refractivity contribution in [3.8, 4) is 5.75 Å². The summed E-state index contributed by atoms with van der Waals surface area (Å²) >= 11 is 1.31. The summed E-state index contributed by atoms with van der Waals surface area (Å²) in [4.78, 5) is 20.8. The van der Waals surface area contributed by atoms with Gasteiger partial charge in [-0.1, -0.05) is 0 Å². The third-order valence-corrected chi connectivity index (χ3v) is 4.39. The maximum Gasteiger partial charge on any atom is 0.361 e. The monoisotopic (exact) mass is 370 g/mol. The summed E-state index contributed by atoms with van der Waals surface area (Å²) in [6.45, 7) is 4.46. The number of nitrogens with zero attached hydrogens (tertiary/aromatic N) is 2. The van der Waals surface area contributed by atoms with Crippen LogP contribution in [0.4, 0.5) is 0 Å². The lowest BCUT2D eigenvalue weighted by Crippen LogP contribution is -2.05. The Morgan fingerprint density at radius 3 is 2.73 bits per heavy atom. The van der Waals surface area contributed by atoms with Gasteiger partial charge in [0.15, 0.2) is 11.5 Å². The van der Waals surface area contributed by atoms with E-state index in [4.69, 9.17) is 13.9 Å². The van der Waals surface area contributed by atoms with Crippen molar-refractivity contribution in [1.82, 2.24) is 9.97 Å². The summed E-state index contributed by atoms with van der Waals surface area (Å²) in [7, 11) is 0. The number of esters is 1. The molecule has 0 aliphatic rings. The van der Waals surface area contributed by atoms with Gasteiger partial charge in [0, 0.05) is 16.8 Å². The van der Waals surface area contributed by atoms with Gasteiger partial charge in [-0.2, -0.15) is 0 Å². The lowest BCUT2D eigenvalue weighted by molar-refractivity contribution is 0.0513. The van der Waals surface area contributed by atoms with Crippen LogP contribution < -0.4 is 4.74 Å². The van der Waals surface area contributed by atoms with Crippen LogP contribution in [-0.2, 0) is 11.3 Å². The van der Waals surface area contributed by atoms with E-state index in [1.807, 2.05) is 43.3 Å². The van der Waals surface area contributed by atoms with Gasteiger partial charge in [-0.15, -0.1) is 0 Å². The molecule has 7 heteroatoms. The largest absolute Gasteiger partial charge is 0.489 e. The third-order valence-electron chi connectivity index (χ3n) is 3.40. The molecule has 26 heavy (non-hydrogen) atoms. The topological polar surface area (TPSA) is 74.5 Å². The number of oxazole rings is 1. The molecule has 1 aromatic carbocycles. The van der Waals surface area contributed by atoms with E-state index in [2.05, 4.69) is 9.97 Å². The summed E-state index contributed by atoms with van der Waals surface area (Å²) in [6, 6.07) is 11.5. The molecule has 0 radical (unpaired) electrons. The van der Waals surface area contributed by atoms with E-state index < -0.39 is 5.97 Å². The van der Waals surface area contributed by atoms with E-state index in [9.17, 15) is 4.79 Å². The maximum absolute atomic E-state index is 11.8. The number of hydrogen-bond acceptors (Lipinski definition) is 7. The molecule has 0 fully saturated rings. The van der Waals surface area contributed by atoms with Crippen LogP contribution in [-0.4, -0.2) is 22.5 Å². The van der Waals surface area contributed by atoms with Crippen LogP contribution in [0.15, 0.2) is 63.4 Å². The Morgan fingerprint density at radius 2 is 2.00 bits per heavy atom. The number of pyridine rings is 1. The smallest absolute Gasteiger partial charge is 0.361 e. The van der Waals surface area contributed by atoms with E-state index in [1.54, 1.807) is 13.1 Å². The van der Waals surface area contributed by atoms with Crippen LogP contribution in [0.2, 0.25) is 0 Å². The number of benzene rings is 1. The Bertz CT molecular complexity index is 877. The van der Waals surface area contributed by atoms with E-state index in [-0.39, 0.29) is 5.69 Å². The first-order valence-electron chi connectivity index (χ1n) is 8.08.